The molecular weight excluding hydrogens is 240 g/mol. The molecule has 0 unspecified atom stereocenters. The molecule has 0 aromatic carbocycles. The van der Waals surface area contributed by atoms with Gasteiger partial charge in [-0.3, -0.25) is 4.79 Å². The summed E-state index contributed by atoms with van der Waals surface area (Å²) < 4.78 is 0. The smallest absolute Gasteiger partial charge is 0.233 e. The van der Waals surface area contributed by atoms with Crippen LogP contribution >= 0.6 is 12.2 Å². The van der Waals surface area contributed by atoms with Gasteiger partial charge in [0.1, 0.15) is 0 Å². The number of tetrazole rings is 1. The molecule has 0 radical (unpaired) electrons. The lowest BCUT2D eigenvalue weighted by molar-refractivity contribution is -0.133. The third kappa shape index (κ3) is 2.12. The fourth-order valence-corrected chi connectivity index (χ4v) is 2.47. The number of aromatic nitrogens is 4. The molecule has 0 aliphatic heterocycles. The average molecular weight is 254 g/mol. The summed E-state index contributed by atoms with van der Waals surface area (Å²) in [6, 6.07) is 0. The van der Waals surface area contributed by atoms with Gasteiger partial charge in [-0.25, -0.2) is 0 Å². The van der Waals surface area contributed by atoms with E-state index in [1.165, 1.54) is 0 Å². The molecular formula is C9H14N6OS. The van der Waals surface area contributed by atoms with E-state index in [0.29, 0.717) is 24.6 Å². The molecule has 1 aliphatic rings. The van der Waals surface area contributed by atoms with E-state index in [9.17, 15) is 4.79 Å². The summed E-state index contributed by atoms with van der Waals surface area (Å²) in [5.74, 6) is 0.768. The number of rotatable bonds is 4. The number of carbonyl (C=O) groups excluding carboxylic acids is 1. The Hall–Kier alpha value is -1.57. The highest BCUT2D eigenvalue weighted by molar-refractivity contribution is 7.80. The molecule has 1 amide bonds. The van der Waals surface area contributed by atoms with E-state index in [1.54, 1.807) is 0 Å². The number of aromatic amines is 1. The van der Waals surface area contributed by atoms with Crippen molar-refractivity contribution >= 4 is 23.1 Å². The van der Waals surface area contributed by atoms with E-state index in [0.717, 1.165) is 0 Å². The number of thiocarbonyl (C=S) groups is 1. The van der Waals surface area contributed by atoms with Gasteiger partial charge in [-0.05, 0) is 18.8 Å². The van der Waals surface area contributed by atoms with Crippen LogP contribution in [0.15, 0.2) is 0 Å². The minimum atomic E-state index is -0.682. The predicted molar refractivity (Wildman–Crippen MR) is 63.6 cm³/mol. The molecule has 2 rings (SSSR count). The third-order valence-corrected chi connectivity index (χ3v) is 3.49. The highest BCUT2D eigenvalue weighted by atomic mass is 32.1. The van der Waals surface area contributed by atoms with Gasteiger partial charge in [0.2, 0.25) is 5.91 Å². The highest BCUT2D eigenvalue weighted by Crippen LogP contribution is 2.45. The lowest BCUT2D eigenvalue weighted by atomic mass is 9.62. The normalized spacial score (nSPS) is 27.2. The largest absolute Gasteiger partial charge is 0.392 e. The maximum absolute atomic E-state index is 12.1. The fraction of sp³-hybridized carbons (Fsp3) is 0.667. The van der Waals surface area contributed by atoms with E-state index >= 15 is 0 Å². The van der Waals surface area contributed by atoms with Crippen molar-refractivity contribution in [3.63, 3.8) is 0 Å². The monoisotopic (exact) mass is 254 g/mol. The van der Waals surface area contributed by atoms with E-state index in [4.69, 9.17) is 18.0 Å². The third-order valence-electron chi connectivity index (χ3n) is 3.10. The summed E-state index contributed by atoms with van der Waals surface area (Å²) in [5.41, 5.74) is 4.98. The van der Waals surface area contributed by atoms with Gasteiger partial charge in [-0.1, -0.05) is 24.4 Å². The number of carbonyl (C=O) groups is 1. The van der Waals surface area contributed by atoms with Crippen molar-refractivity contribution in [1.29, 1.82) is 0 Å². The first kappa shape index (κ1) is 11.9. The van der Waals surface area contributed by atoms with E-state index < -0.39 is 5.41 Å². The van der Waals surface area contributed by atoms with Gasteiger partial charge in [-0.2, -0.15) is 5.21 Å². The van der Waals surface area contributed by atoms with Crippen molar-refractivity contribution in [3.8, 4) is 0 Å². The minimum absolute atomic E-state index is 0.145. The van der Waals surface area contributed by atoms with Crippen molar-refractivity contribution in [2.24, 2.45) is 17.1 Å². The maximum atomic E-state index is 12.1. The predicted octanol–water partition coefficient (Wildman–Crippen LogP) is -0.482. The van der Waals surface area contributed by atoms with Gasteiger partial charge in [0.05, 0.1) is 16.9 Å². The second kappa shape index (κ2) is 4.36. The van der Waals surface area contributed by atoms with Crippen LogP contribution in [0.1, 0.15) is 25.6 Å². The average Bonchev–Trinajstić information content (AvgIpc) is 2.73. The molecule has 1 aromatic rings. The van der Waals surface area contributed by atoms with Gasteiger partial charge in [0.15, 0.2) is 5.82 Å². The minimum Gasteiger partial charge on any atom is -0.392 e. The van der Waals surface area contributed by atoms with Crippen LogP contribution in [0.2, 0.25) is 0 Å². The molecule has 0 spiro atoms. The molecule has 0 atom stereocenters. The summed E-state index contributed by atoms with van der Waals surface area (Å²) in [7, 11) is 0. The Kier molecular flexibility index (Phi) is 3.05. The quantitative estimate of drug-likeness (QED) is 0.626. The molecule has 1 aromatic heterocycles. The second-order valence-electron chi connectivity index (χ2n) is 4.47. The van der Waals surface area contributed by atoms with Crippen LogP contribution in [0.25, 0.3) is 0 Å². The Balaban J connectivity index is 1.96. The van der Waals surface area contributed by atoms with Gasteiger partial charge in [0.25, 0.3) is 0 Å². The lowest BCUT2D eigenvalue weighted by Crippen LogP contribution is -2.55. The number of H-pyrrole nitrogens is 1. The number of hydrogen-bond donors (Lipinski definition) is 3. The van der Waals surface area contributed by atoms with Crippen LogP contribution in [0.4, 0.5) is 0 Å². The molecule has 1 aliphatic carbocycles. The summed E-state index contributed by atoms with van der Waals surface area (Å²) in [4.78, 5) is 12.3. The fourth-order valence-electron chi connectivity index (χ4n) is 2.21. The summed E-state index contributed by atoms with van der Waals surface area (Å²) in [6.45, 7) is 2.30. The molecule has 17 heavy (non-hydrogen) atoms. The zero-order chi connectivity index (χ0) is 12.5. The Bertz CT molecular complexity index is 425. The number of nitrogens with two attached hydrogens (primary N) is 1. The van der Waals surface area contributed by atoms with E-state index in [-0.39, 0.29) is 17.4 Å². The molecule has 0 bridgehead atoms. The van der Waals surface area contributed by atoms with Crippen LogP contribution in [-0.4, -0.2) is 31.5 Å². The van der Waals surface area contributed by atoms with Crippen LogP contribution in [0, 0.1) is 11.3 Å². The highest BCUT2D eigenvalue weighted by Gasteiger charge is 2.50. The van der Waals surface area contributed by atoms with E-state index in [2.05, 4.69) is 32.9 Å². The first-order valence-electron chi connectivity index (χ1n) is 5.35. The Morgan fingerprint density at radius 3 is 2.88 bits per heavy atom. The zero-order valence-corrected chi connectivity index (χ0v) is 10.3. The Labute approximate surface area is 104 Å². The molecule has 1 heterocycles. The number of hydrogen-bond acceptors (Lipinski definition) is 5. The summed E-state index contributed by atoms with van der Waals surface area (Å²) in [6.07, 6.45) is 1.42. The Morgan fingerprint density at radius 1 is 1.71 bits per heavy atom. The summed E-state index contributed by atoms with van der Waals surface area (Å²) in [5, 5.41) is 16.0. The number of nitrogens with zero attached hydrogens (tertiary/aromatic N) is 3. The van der Waals surface area contributed by atoms with Crippen LogP contribution in [-0.2, 0) is 11.3 Å². The van der Waals surface area contributed by atoms with Gasteiger partial charge >= 0.3 is 0 Å². The molecule has 8 heteroatoms. The molecule has 92 valence electrons. The van der Waals surface area contributed by atoms with Crippen molar-refractivity contribution in [2.75, 3.05) is 0 Å². The van der Waals surface area contributed by atoms with Crippen molar-refractivity contribution in [1.82, 2.24) is 25.9 Å². The molecule has 4 N–H and O–H groups in total. The van der Waals surface area contributed by atoms with Crippen molar-refractivity contribution in [2.45, 2.75) is 26.3 Å². The number of nitrogens with one attached hydrogen (secondary N) is 2. The van der Waals surface area contributed by atoms with Crippen molar-refractivity contribution in [3.05, 3.63) is 5.82 Å². The SMILES string of the molecule is CC1CC(C(=O)NCc2nn[nH]n2)(C(N)=S)C1. The van der Waals surface area contributed by atoms with E-state index in [1.807, 2.05) is 0 Å². The topological polar surface area (TPSA) is 110 Å². The van der Waals surface area contributed by atoms with Crippen molar-refractivity contribution < 1.29 is 4.79 Å². The van der Waals surface area contributed by atoms with Crippen LogP contribution < -0.4 is 11.1 Å². The van der Waals surface area contributed by atoms with Gasteiger partial charge in [0, 0.05) is 0 Å². The number of amides is 1. The lowest BCUT2D eigenvalue weighted by Gasteiger charge is -2.43. The van der Waals surface area contributed by atoms with Crippen LogP contribution in [0.5, 0.6) is 0 Å². The second-order valence-corrected chi connectivity index (χ2v) is 4.91. The van der Waals surface area contributed by atoms with Gasteiger partial charge < -0.3 is 11.1 Å². The zero-order valence-electron chi connectivity index (χ0n) is 9.43. The maximum Gasteiger partial charge on any atom is 0.233 e. The first-order chi connectivity index (χ1) is 8.04. The molecule has 0 saturated heterocycles. The molecule has 7 nitrogen and oxygen atoms in total. The Morgan fingerprint density at radius 2 is 2.41 bits per heavy atom. The molecule has 1 saturated carbocycles. The van der Waals surface area contributed by atoms with Crippen LogP contribution in [0.3, 0.4) is 0 Å². The molecule has 1 fully saturated rings. The summed E-state index contributed by atoms with van der Waals surface area (Å²) >= 11 is 4.99. The van der Waals surface area contributed by atoms with Gasteiger partial charge in [-0.15, -0.1) is 10.2 Å². The standard InChI is InChI=1S/C9H14N6OS/c1-5-2-9(3-5,7(10)17)8(16)11-4-6-12-14-15-13-6/h5H,2-4H2,1H3,(H2,10,17)(H,11,16)(H,12,13,14,15). The first-order valence-corrected chi connectivity index (χ1v) is 5.76.